The van der Waals surface area contributed by atoms with E-state index >= 15 is 0 Å². The van der Waals surface area contributed by atoms with Gasteiger partial charge in [-0.2, -0.15) is 5.10 Å². The van der Waals surface area contributed by atoms with Crippen molar-refractivity contribution in [2.75, 3.05) is 19.6 Å². The molecule has 0 amide bonds. The van der Waals surface area contributed by atoms with E-state index in [0.717, 1.165) is 38.2 Å². The molecule has 0 aliphatic carbocycles. The summed E-state index contributed by atoms with van der Waals surface area (Å²) in [5, 5.41) is 13.2. The number of aromatic nitrogens is 2. The van der Waals surface area contributed by atoms with Crippen molar-refractivity contribution in [1.82, 2.24) is 14.7 Å². The van der Waals surface area contributed by atoms with Crippen LogP contribution in [0.4, 0.5) is 0 Å². The van der Waals surface area contributed by atoms with Crippen LogP contribution in [0.25, 0.3) is 0 Å². The second kappa shape index (κ2) is 7.41. The summed E-state index contributed by atoms with van der Waals surface area (Å²) in [4.78, 5) is 13.2. The van der Waals surface area contributed by atoms with Gasteiger partial charge in [0.15, 0.2) is 0 Å². The molecule has 1 aliphatic rings. The zero-order valence-electron chi connectivity index (χ0n) is 13.0. The van der Waals surface area contributed by atoms with Crippen molar-refractivity contribution >= 4 is 5.97 Å². The number of piperidine rings is 1. The van der Waals surface area contributed by atoms with E-state index in [9.17, 15) is 4.79 Å². The molecule has 116 valence electrons. The lowest BCUT2D eigenvalue weighted by Gasteiger charge is -2.31. The molecule has 21 heavy (non-hydrogen) atoms. The van der Waals surface area contributed by atoms with Gasteiger partial charge in [0.05, 0.1) is 5.69 Å². The summed E-state index contributed by atoms with van der Waals surface area (Å²) in [6.45, 7) is 7.49. The topological polar surface area (TPSA) is 58.4 Å². The van der Waals surface area contributed by atoms with E-state index < -0.39 is 5.97 Å². The zero-order valence-corrected chi connectivity index (χ0v) is 13.0. The molecule has 0 aromatic carbocycles. The summed E-state index contributed by atoms with van der Waals surface area (Å²) in [6, 6.07) is 1.97. The number of allylic oxidation sites excluding steroid dienone is 1. The minimum Gasteiger partial charge on any atom is -0.480 e. The molecule has 1 atom stereocenters. The average Bonchev–Trinajstić information content (AvgIpc) is 2.86. The number of carboxylic acids is 1. The number of nitrogens with zero attached hydrogens (tertiary/aromatic N) is 3. The fourth-order valence-corrected chi connectivity index (χ4v) is 2.86. The minimum atomic E-state index is -0.850. The Balaban J connectivity index is 1.89. The quantitative estimate of drug-likeness (QED) is 0.818. The van der Waals surface area contributed by atoms with E-state index in [1.807, 2.05) is 6.07 Å². The first-order valence-electron chi connectivity index (χ1n) is 7.65. The molecule has 1 aromatic heterocycles. The van der Waals surface area contributed by atoms with Gasteiger partial charge in [-0.3, -0.25) is 9.48 Å². The highest BCUT2D eigenvalue weighted by Crippen LogP contribution is 2.25. The molecule has 1 N–H and O–H groups in total. The van der Waals surface area contributed by atoms with Crippen LogP contribution in [0, 0.1) is 0 Å². The Labute approximate surface area is 126 Å². The molecular weight excluding hydrogens is 266 g/mol. The predicted octanol–water partition coefficient (Wildman–Crippen LogP) is 2.50. The minimum absolute atomic E-state index is 0.0585. The number of carbonyl (C=O) groups is 1. The molecule has 2 rings (SSSR count). The number of aliphatic carboxylic acids is 1. The number of carboxylic acid groups (broad SMARTS) is 1. The van der Waals surface area contributed by atoms with Crippen LogP contribution in [0.3, 0.4) is 0 Å². The third kappa shape index (κ3) is 5.01. The van der Waals surface area contributed by atoms with Gasteiger partial charge in [0.2, 0.25) is 0 Å². The van der Waals surface area contributed by atoms with Gasteiger partial charge in [0.1, 0.15) is 6.54 Å². The lowest BCUT2D eigenvalue weighted by Crippen LogP contribution is -2.35. The number of hydrogen-bond acceptors (Lipinski definition) is 3. The highest BCUT2D eigenvalue weighted by Gasteiger charge is 2.22. The first-order valence-corrected chi connectivity index (χ1v) is 7.65. The maximum absolute atomic E-state index is 10.7. The summed E-state index contributed by atoms with van der Waals surface area (Å²) in [5.74, 6) is -0.419. The molecule has 0 bridgehead atoms. The second-order valence-electron chi connectivity index (χ2n) is 6.04. The Hall–Kier alpha value is -1.62. The molecule has 0 radical (unpaired) electrons. The fourth-order valence-electron chi connectivity index (χ4n) is 2.86. The van der Waals surface area contributed by atoms with Gasteiger partial charge in [-0.15, -0.1) is 0 Å². The van der Waals surface area contributed by atoms with Gasteiger partial charge >= 0.3 is 5.97 Å². The summed E-state index contributed by atoms with van der Waals surface area (Å²) in [5.41, 5.74) is 2.40. The lowest BCUT2D eigenvalue weighted by atomic mass is 9.95. The summed E-state index contributed by atoms with van der Waals surface area (Å²) in [6.07, 6.45) is 7.48. The van der Waals surface area contributed by atoms with E-state index in [0.29, 0.717) is 5.92 Å². The van der Waals surface area contributed by atoms with E-state index in [1.54, 1.807) is 6.20 Å². The van der Waals surface area contributed by atoms with Crippen molar-refractivity contribution in [1.29, 1.82) is 0 Å². The predicted molar refractivity (Wildman–Crippen MR) is 82.3 cm³/mol. The molecule has 0 saturated carbocycles. The van der Waals surface area contributed by atoms with Gasteiger partial charge in [0, 0.05) is 25.2 Å². The normalized spacial score (nSPS) is 19.4. The number of likely N-dealkylation sites (tertiary alicyclic amines) is 1. The van der Waals surface area contributed by atoms with Crippen LogP contribution < -0.4 is 0 Å². The smallest absolute Gasteiger partial charge is 0.325 e. The van der Waals surface area contributed by atoms with E-state index in [4.69, 9.17) is 5.11 Å². The highest BCUT2D eigenvalue weighted by atomic mass is 16.4. The van der Waals surface area contributed by atoms with Crippen molar-refractivity contribution in [3.05, 3.63) is 29.6 Å². The maximum atomic E-state index is 10.7. The molecule has 0 spiro atoms. The van der Waals surface area contributed by atoms with Gasteiger partial charge in [-0.25, -0.2) is 0 Å². The van der Waals surface area contributed by atoms with Crippen LogP contribution in [0.5, 0.6) is 0 Å². The molecule has 5 heteroatoms. The third-order valence-corrected chi connectivity index (χ3v) is 3.88. The van der Waals surface area contributed by atoms with Gasteiger partial charge < -0.3 is 10.0 Å². The van der Waals surface area contributed by atoms with E-state index in [-0.39, 0.29) is 6.54 Å². The lowest BCUT2D eigenvalue weighted by molar-refractivity contribution is -0.137. The maximum Gasteiger partial charge on any atom is 0.325 e. The molecule has 1 saturated heterocycles. The monoisotopic (exact) mass is 291 g/mol. The summed E-state index contributed by atoms with van der Waals surface area (Å²) < 4.78 is 1.51. The Bertz CT molecular complexity index is 503. The standard InChI is InChI=1S/C16H25N3O2/c1-13(2)5-3-8-18-9-4-6-14(11-18)15-7-10-19(17-15)12-16(20)21/h5,7,10,14H,3-4,6,8-9,11-12H2,1-2H3,(H,20,21). The second-order valence-corrected chi connectivity index (χ2v) is 6.04. The Morgan fingerprint density at radius 3 is 3.05 bits per heavy atom. The van der Waals surface area contributed by atoms with Gasteiger partial charge in [-0.1, -0.05) is 11.6 Å². The molecule has 1 unspecified atom stereocenters. The summed E-state index contributed by atoms with van der Waals surface area (Å²) >= 11 is 0. The van der Waals surface area contributed by atoms with E-state index in [2.05, 4.69) is 29.9 Å². The zero-order chi connectivity index (χ0) is 15.2. The molecule has 2 heterocycles. The van der Waals surface area contributed by atoms with Crippen LogP contribution >= 0.6 is 0 Å². The first kappa shape index (κ1) is 15.8. The van der Waals surface area contributed by atoms with Crippen molar-refractivity contribution in [2.45, 2.75) is 45.6 Å². The van der Waals surface area contributed by atoms with Crippen LogP contribution in [0.15, 0.2) is 23.9 Å². The van der Waals surface area contributed by atoms with Crippen molar-refractivity contribution in [2.24, 2.45) is 0 Å². The van der Waals surface area contributed by atoms with Crippen LogP contribution in [-0.2, 0) is 11.3 Å². The van der Waals surface area contributed by atoms with Crippen LogP contribution in [0.2, 0.25) is 0 Å². The van der Waals surface area contributed by atoms with E-state index in [1.165, 1.54) is 16.7 Å². The Morgan fingerprint density at radius 1 is 1.52 bits per heavy atom. The van der Waals surface area contributed by atoms with Crippen molar-refractivity contribution in [3.63, 3.8) is 0 Å². The van der Waals surface area contributed by atoms with Crippen LogP contribution in [-0.4, -0.2) is 45.4 Å². The summed E-state index contributed by atoms with van der Waals surface area (Å²) in [7, 11) is 0. The van der Waals surface area contributed by atoms with Gasteiger partial charge in [0.25, 0.3) is 0 Å². The fraction of sp³-hybridized carbons (Fsp3) is 0.625. The third-order valence-electron chi connectivity index (χ3n) is 3.88. The number of rotatable bonds is 6. The van der Waals surface area contributed by atoms with Crippen molar-refractivity contribution in [3.8, 4) is 0 Å². The highest BCUT2D eigenvalue weighted by molar-refractivity contribution is 5.66. The van der Waals surface area contributed by atoms with Crippen LogP contribution in [0.1, 0.15) is 44.7 Å². The molecule has 1 aliphatic heterocycles. The Kier molecular flexibility index (Phi) is 5.56. The largest absolute Gasteiger partial charge is 0.480 e. The first-order chi connectivity index (χ1) is 10.0. The number of hydrogen-bond donors (Lipinski definition) is 1. The molecule has 1 aromatic rings. The van der Waals surface area contributed by atoms with Gasteiger partial charge in [-0.05, 0) is 45.7 Å². The molecule has 5 nitrogen and oxygen atoms in total. The molecular formula is C16H25N3O2. The average molecular weight is 291 g/mol. The Morgan fingerprint density at radius 2 is 2.33 bits per heavy atom. The SMILES string of the molecule is CC(C)=CCCN1CCCC(c2ccn(CC(=O)O)n2)C1. The molecule has 1 fully saturated rings. The van der Waals surface area contributed by atoms with Crippen molar-refractivity contribution < 1.29 is 9.90 Å².